The largest absolute Gasteiger partial charge is 0.368 e. The molecule has 0 unspecified atom stereocenters. The predicted octanol–water partition coefficient (Wildman–Crippen LogP) is 2.14. The minimum atomic E-state index is -3.72. The number of aryl methyl sites for hydroxylation is 1. The third-order valence-electron chi connectivity index (χ3n) is 5.02. The van der Waals surface area contributed by atoms with Gasteiger partial charge in [0.1, 0.15) is 0 Å². The van der Waals surface area contributed by atoms with Crippen LogP contribution in [0.3, 0.4) is 0 Å². The van der Waals surface area contributed by atoms with E-state index < -0.39 is 10.0 Å². The molecular weight excluding hydrogens is 378 g/mol. The number of amides is 1. The van der Waals surface area contributed by atoms with Gasteiger partial charge in [-0.3, -0.25) is 9.63 Å². The number of carbonyl (C=O) groups excluding carboxylic acids is 1. The van der Waals surface area contributed by atoms with Crippen LogP contribution in [-0.2, 0) is 14.9 Å². The summed E-state index contributed by atoms with van der Waals surface area (Å²) in [5.74, 6) is -0.0894. The number of rotatable bonds is 5. The van der Waals surface area contributed by atoms with Gasteiger partial charge in [0.2, 0.25) is 0 Å². The van der Waals surface area contributed by atoms with Crippen LogP contribution in [0.2, 0.25) is 0 Å². The van der Waals surface area contributed by atoms with Crippen molar-refractivity contribution in [2.75, 3.05) is 45.2 Å². The van der Waals surface area contributed by atoms with Crippen LogP contribution in [0.1, 0.15) is 15.9 Å². The normalized spacial score (nSPS) is 15.1. The highest BCUT2D eigenvalue weighted by molar-refractivity contribution is 7.89. The molecule has 0 radical (unpaired) electrons. The van der Waals surface area contributed by atoms with Gasteiger partial charge in [0, 0.05) is 44.5 Å². The SMILES string of the molecule is CON(C)S(=O)(=O)c1ccc(C(=O)N2CCN(c3ccccc3C)CC2)cc1. The fraction of sp³-hybridized carbons (Fsp3) is 0.350. The van der Waals surface area contributed by atoms with E-state index in [-0.39, 0.29) is 10.8 Å². The number of piperazine rings is 1. The van der Waals surface area contributed by atoms with E-state index >= 15 is 0 Å². The number of hydroxylamine groups is 1. The minimum Gasteiger partial charge on any atom is -0.368 e. The van der Waals surface area contributed by atoms with Crippen LogP contribution in [0.25, 0.3) is 0 Å². The van der Waals surface area contributed by atoms with Crippen molar-refractivity contribution in [1.82, 2.24) is 9.37 Å². The molecule has 0 N–H and O–H groups in total. The van der Waals surface area contributed by atoms with Gasteiger partial charge in [0.15, 0.2) is 0 Å². The average Bonchev–Trinajstić information content (AvgIpc) is 2.73. The first-order chi connectivity index (χ1) is 13.3. The molecule has 1 heterocycles. The first-order valence-corrected chi connectivity index (χ1v) is 10.5. The maximum Gasteiger partial charge on any atom is 0.264 e. The van der Waals surface area contributed by atoms with E-state index in [4.69, 9.17) is 4.84 Å². The highest BCUT2D eigenvalue weighted by atomic mass is 32.2. The zero-order valence-corrected chi connectivity index (χ0v) is 17.1. The lowest BCUT2D eigenvalue weighted by molar-refractivity contribution is -0.0258. The van der Waals surface area contributed by atoms with Gasteiger partial charge in [-0.05, 0) is 42.8 Å². The van der Waals surface area contributed by atoms with E-state index in [1.54, 1.807) is 17.0 Å². The molecule has 1 saturated heterocycles. The molecule has 0 aliphatic carbocycles. The van der Waals surface area contributed by atoms with Crippen LogP contribution in [0.5, 0.6) is 0 Å². The van der Waals surface area contributed by atoms with Gasteiger partial charge >= 0.3 is 0 Å². The Labute approximate surface area is 166 Å². The van der Waals surface area contributed by atoms with Gasteiger partial charge in [-0.15, -0.1) is 0 Å². The van der Waals surface area contributed by atoms with Crippen LogP contribution < -0.4 is 4.90 Å². The summed E-state index contributed by atoms with van der Waals surface area (Å²) in [6.07, 6.45) is 0. The Morgan fingerprint density at radius 2 is 1.61 bits per heavy atom. The van der Waals surface area contributed by atoms with Crippen LogP contribution in [0.15, 0.2) is 53.4 Å². The van der Waals surface area contributed by atoms with Crippen molar-refractivity contribution in [2.24, 2.45) is 0 Å². The van der Waals surface area contributed by atoms with E-state index in [2.05, 4.69) is 24.0 Å². The van der Waals surface area contributed by atoms with Crippen molar-refractivity contribution in [3.05, 3.63) is 59.7 Å². The molecule has 1 fully saturated rings. The Morgan fingerprint density at radius 1 is 1.00 bits per heavy atom. The summed E-state index contributed by atoms with van der Waals surface area (Å²) < 4.78 is 25.3. The maximum atomic E-state index is 12.8. The smallest absolute Gasteiger partial charge is 0.264 e. The first kappa shape index (κ1) is 20.3. The van der Waals surface area contributed by atoms with Gasteiger partial charge in [-0.25, -0.2) is 8.42 Å². The molecule has 1 aliphatic heterocycles. The molecule has 0 bridgehead atoms. The van der Waals surface area contributed by atoms with Crippen molar-refractivity contribution in [3.8, 4) is 0 Å². The lowest BCUT2D eigenvalue weighted by atomic mass is 10.1. The van der Waals surface area contributed by atoms with Crippen molar-refractivity contribution in [1.29, 1.82) is 0 Å². The highest BCUT2D eigenvalue weighted by Gasteiger charge is 2.24. The second kappa shape index (κ2) is 8.30. The van der Waals surface area contributed by atoms with E-state index in [0.29, 0.717) is 18.7 Å². The van der Waals surface area contributed by atoms with E-state index in [0.717, 1.165) is 17.6 Å². The summed E-state index contributed by atoms with van der Waals surface area (Å²) >= 11 is 0. The molecule has 2 aromatic rings. The Morgan fingerprint density at radius 3 is 2.18 bits per heavy atom. The number of anilines is 1. The van der Waals surface area contributed by atoms with Gasteiger partial charge in [0.05, 0.1) is 12.0 Å². The average molecular weight is 404 g/mol. The fourth-order valence-electron chi connectivity index (χ4n) is 3.27. The van der Waals surface area contributed by atoms with Gasteiger partial charge < -0.3 is 9.80 Å². The molecule has 3 rings (SSSR count). The summed E-state index contributed by atoms with van der Waals surface area (Å²) in [4.78, 5) is 21.7. The zero-order chi connectivity index (χ0) is 20.3. The molecule has 0 aromatic heterocycles. The second-order valence-corrected chi connectivity index (χ2v) is 8.62. The molecule has 8 heteroatoms. The number of nitrogens with zero attached hydrogens (tertiary/aromatic N) is 3. The maximum absolute atomic E-state index is 12.8. The first-order valence-electron chi connectivity index (χ1n) is 9.07. The molecule has 150 valence electrons. The number of para-hydroxylation sites is 1. The molecule has 2 aromatic carbocycles. The number of carbonyl (C=O) groups is 1. The third-order valence-corrected chi connectivity index (χ3v) is 6.71. The Bertz CT molecular complexity index is 936. The quantitative estimate of drug-likeness (QED) is 0.716. The van der Waals surface area contributed by atoms with Crippen LogP contribution in [0, 0.1) is 6.92 Å². The zero-order valence-electron chi connectivity index (χ0n) is 16.3. The summed E-state index contributed by atoms with van der Waals surface area (Å²) in [5.41, 5.74) is 2.90. The van der Waals surface area contributed by atoms with Crippen molar-refractivity contribution in [2.45, 2.75) is 11.8 Å². The third kappa shape index (κ3) is 4.04. The summed E-state index contributed by atoms with van der Waals surface area (Å²) in [7, 11) is -1.11. The second-order valence-electron chi connectivity index (χ2n) is 6.69. The van der Waals surface area contributed by atoms with Crippen LogP contribution in [0.4, 0.5) is 5.69 Å². The fourth-order valence-corrected chi connectivity index (χ4v) is 4.24. The monoisotopic (exact) mass is 403 g/mol. The number of hydrogen-bond acceptors (Lipinski definition) is 5. The molecule has 0 saturated carbocycles. The standard InChI is InChI=1S/C20H25N3O4S/c1-16-6-4-5-7-19(16)22-12-14-23(15-13-22)20(24)17-8-10-18(11-9-17)28(25,26)21(2)27-3/h4-11H,12-15H2,1-3H3. The lowest BCUT2D eigenvalue weighted by Crippen LogP contribution is -2.49. The van der Waals surface area contributed by atoms with E-state index in [1.165, 1.54) is 37.5 Å². The van der Waals surface area contributed by atoms with Crippen LogP contribution in [-0.4, -0.2) is 64.0 Å². The molecular formula is C20H25N3O4S. The molecule has 0 atom stereocenters. The van der Waals surface area contributed by atoms with E-state index in [9.17, 15) is 13.2 Å². The molecule has 28 heavy (non-hydrogen) atoms. The van der Waals surface area contributed by atoms with E-state index in [1.807, 2.05) is 12.1 Å². The number of hydrogen-bond donors (Lipinski definition) is 0. The summed E-state index contributed by atoms with van der Waals surface area (Å²) in [6.45, 7) is 4.87. The van der Waals surface area contributed by atoms with Crippen molar-refractivity contribution in [3.63, 3.8) is 0 Å². The van der Waals surface area contributed by atoms with Gasteiger partial charge in [-0.2, -0.15) is 0 Å². The minimum absolute atomic E-state index is 0.0813. The van der Waals surface area contributed by atoms with Gasteiger partial charge in [0.25, 0.3) is 15.9 Å². The molecule has 7 nitrogen and oxygen atoms in total. The Hall–Kier alpha value is -2.42. The van der Waals surface area contributed by atoms with Gasteiger partial charge in [-0.1, -0.05) is 22.7 Å². The Balaban J connectivity index is 1.66. The molecule has 0 spiro atoms. The molecule has 1 aliphatic rings. The van der Waals surface area contributed by atoms with Crippen molar-refractivity contribution >= 4 is 21.6 Å². The number of sulfonamides is 1. The number of benzene rings is 2. The van der Waals surface area contributed by atoms with Crippen LogP contribution >= 0.6 is 0 Å². The lowest BCUT2D eigenvalue weighted by Gasteiger charge is -2.36. The van der Waals surface area contributed by atoms with Crippen molar-refractivity contribution < 1.29 is 18.0 Å². The predicted molar refractivity (Wildman–Crippen MR) is 108 cm³/mol. The highest BCUT2D eigenvalue weighted by Crippen LogP contribution is 2.22. The summed E-state index contributed by atoms with van der Waals surface area (Å²) in [6, 6.07) is 14.2. The molecule has 1 amide bonds. The topological polar surface area (TPSA) is 70.2 Å². The summed E-state index contributed by atoms with van der Waals surface area (Å²) in [5, 5.41) is 0. The Kier molecular flexibility index (Phi) is 6.02.